The molecule has 4 nitrogen and oxygen atoms in total. The van der Waals surface area contributed by atoms with Crippen molar-refractivity contribution in [1.29, 1.82) is 0 Å². The van der Waals surface area contributed by atoms with Crippen molar-refractivity contribution < 1.29 is 10.0 Å². The van der Waals surface area contributed by atoms with Crippen LogP contribution in [0, 0.1) is 0 Å². The predicted molar refractivity (Wildman–Crippen MR) is 78.0 cm³/mol. The molecule has 2 fully saturated rings. The van der Waals surface area contributed by atoms with Gasteiger partial charge in [-0.25, -0.2) is 0 Å². The third-order valence-electron chi connectivity index (χ3n) is 4.18. The van der Waals surface area contributed by atoms with Gasteiger partial charge in [0, 0.05) is 31.9 Å². The molecule has 1 heterocycles. The number of likely N-dealkylation sites (N-methyl/N-ethyl adjacent to an activating group) is 1. The fourth-order valence-electron chi connectivity index (χ4n) is 2.71. The molecule has 5 heteroatoms. The molecule has 102 valence electrons. The number of nitrogens with zero attached hydrogens (tertiary/aromatic N) is 2. The second kappa shape index (κ2) is 5.15. The molecule has 1 aromatic carbocycles. The highest BCUT2D eigenvalue weighted by molar-refractivity contribution is 6.58. The second-order valence-electron chi connectivity index (χ2n) is 5.80. The Kier molecular flexibility index (Phi) is 3.52. The number of anilines is 1. The van der Waals surface area contributed by atoms with Gasteiger partial charge >= 0.3 is 7.12 Å². The summed E-state index contributed by atoms with van der Waals surface area (Å²) in [5, 5.41) is 18.9. The third-order valence-corrected chi connectivity index (χ3v) is 4.18. The van der Waals surface area contributed by atoms with Gasteiger partial charge in [-0.05, 0) is 49.0 Å². The molecular weight excluding hydrogens is 239 g/mol. The first-order valence-corrected chi connectivity index (χ1v) is 7.08. The lowest BCUT2D eigenvalue weighted by atomic mass is 9.78. The highest BCUT2D eigenvalue weighted by Gasteiger charge is 2.26. The molecule has 0 bridgehead atoms. The van der Waals surface area contributed by atoms with E-state index in [1.54, 1.807) is 0 Å². The lowest BCUT2D eigenvalue weighted by Crippen LogP contribution is -2.45. The van der Waals surface area contributed by atoms with E-state index in [1.807, 2.05) is 12.1 Å². The maximum absolute atomic E-state index is 9.44. The smallest absolute Gasteiger partial charge is 0.423 e. The van der Waals surface area contributed by atoms with Crippen LogP contribution in [-0.4, -0.2) is 55.3 Å². The van der Waals surface area contributed by atoms with Gasteiger partial charge in [0.2, 0.25) is 0 Å². The van der Waals surface area contributed by atoms with Gasteiger partial charge in [-0.2, -0.15) is 0 Å². The molecule has 1 aliphatic heterocycles. The van der Waals surface area contributed by atoms with Crippen molar-refractivity contribution in [1.82, 2.24) is 4.90 Å². The molecule has 19 heavy (non-hydrogen) atoms. The number of rotatable bonds is 3. The molecule has 0 amide bonds. The highest BCUT2D eigenvalue weighted by Crippen LogP contribution is 2.40. The normalized spacial score (nSPS) is 20.7. The Morgan fingerprint density at radius 2 is 1.74 bits per heavy atom. The fraction of sp³-hybridized carbons (Fsp3) is 0.571. The van der Waals surface area contributed by atoms with Crippen molar-refractivity contribution in [2.75, 3.05) is 38.1 Å². The average molecular weight is 260 g/mol. The summed E-state index contributed by atoms with van der Waals surface area (Å²) in [4.78, 5) is 4.67. The Balaban J connectivity index is 1.86. The van der Waals surface area contributed by atoms with E-state index in [9.17, 15) is 10.0 Å². The first kappa shape index (κ1) is 13.0. The number of hydrogen-bond acceptors (Lipinski definition) is 4. The first-order chi connectivity index (χ1) is 9.13. The number of piperazine rings is 1. The van der Waals surface area contributed by atoms with Crippen molar-refractivity contribution in [3.8, 4) is 0 Å². The molecule has 1 aliphatic carbocycles. The molecule has 1 saturated heterocycles. The molecule has 1 saturated carbocycles. The zero-order valence-corrected chi connectivity index (χ0v) is 11.4. The zero-order chi connectivity index (χ0) is 13.4. The van der Waals surface area contributed by atoms with Gasteiger partial charge in [0.05, 0.1) is 0 Å². The van der Waals surface area contributed by atoms with Crippen LogP contribution in [0.2, 0.25) is 0 Å². The van der Waals surface area contributed by atoms with E-state index < -0.39 is 7.12 Å². The number of benzene rings is 1. The summed E-state index contributed by atoms with van der Waals surface area (Å²) < 4.78 is 0. The van der Waals surface area contributed by atoms with Crippen LogP contribution >= 0.6 is 0 Å². The minimum absolute atomic E-state index is 0.623. The summed E-state index contributed by atoms with van der Waals surface area (Å²) in [5.74, 6) is 0.630. The van der Waals surface area contributed by atoms with Gasteiger partial charge in [-0.1, -0.05) is 6.07 Å². The molecule has 2 N–H and O–H groups in total. The monoisotopic (exact) mass is 260 g/mol. The van der Waals surface area contributed by atoms with Gasteiger partial charge in [-0.15, -0.1) is 0 Å². The molecule has 1 aromatic rings. The number of hydrogen-bond donors (Lipinski definition) is 2. The van der Waals surface area contributed by atoms with E-state index in [4.69, 9.17) is 0 Å². The summed E-state index contributed by atoms with van der Waals surface area (Å²) in [6.07, 6.45) is 2.46. The third kappa shape index (κ3) is 2.94. The molecule has 0 aromatic heterocycles. The van der Waals surface area contributed by atoms with Crippen LogP contribution in [0.15, 0.2) is 18.2 Å². The minimum Gasteiger partial charge on any atom is -0.423 e. The van der Waals surface area contributed by atoms with Crippen LogP contribution in [0.5, 0.6) is 0 Å². The van der Waals surface area contributed by atoms with Crippen LogP contribution in [0.4, 0.5) is 5.69 Å². The molecule has 0 unspecified atom stereocenters. The van der Waals surface area contributed by atoms with Crippen molar-refractivity contribution in [2.45, 2.75) is 18.8 Å². The lowest BCUT2D eigenvalue weighted by molar-refractivity contribution is 0.313. The van der Waals surface area contributed by atoms with E-state index >= 15 is 0 Å². The fourth-order valence-corrected chi connectivity index (χ4v) is 2.71. The van der Waals surface area contributed by atoms with Crippen LogP contribution < -0.4 is 10.4 Å². The van der Waals surface area contributed by atoms with E-state index in [0.29, 0.717) is 11.4 Å². The van der Waals surface area contributed by atoms with Crippen LogP contribution in [-0.2, 0) is 0 Å². The minimum atomic E-state index is -1.37. The molecular formula is C14H21BN2O2. The predicted octanol–water partition coefficient (Wildman–Crippen LogP) is -0.00440. The van der Waals surface area contributed by atoms with Crippen molar-refractivity contribution >= 4 is 18.3 Å². The Morgan fingerprint density at radius 1 is 1.05 bits per heavy atom. The first-order valence-electron chi connectivity index (χ1n) is 7.08. The molecule has 2 aliphatic rings. The van der Waals surface area contributed by atoms with Gasteiger partial charge in [0.25, 0.3) is 0 Å². The van der Waals surface area contributed by atoms with E-state index in [1.165, 1.54) is 18.4 Å². The molecule has 0 atom stereocenters. The second-order valence-corrected chi connectivity index (χ2v) is 5.80. The maximum Gasteiger partial charge on any atom is 0.488 e. The van der Waals surface area contributed by atoms with E-state index in [0.717, 1.165) is 31.9 Å². The van der Waals surface area contributed by atoms with Crippen LogP contribution in [0.3, 0.4) is 0 Å². The summed E-state index contributed by atoms with van der Waals surface area (Å²) >= 11 is 0. The van der Waals surface area contributed by atoms with Crippen molar-refractivity contribution in [2.24, 2.45) is 0 Å². The van der Waals surface area contributed by atoms with E-state index in [2.05, 4.69) is 22.9 Å². The average Bonchev–Trinajstić information content (AvgIpc) is 3.23. The Bertz CT molecular complexity index is 435. The Morgan fingerprint density at radius 3 is 2.32 bits per heavy atom. The van der Waals surface area contributed by atoms with Crippen LogP contribution in [0.25, 0.3) is 0 Å². The van der Waals surface area contributed by atoms with Gasteiger partial charge in [0.1, 0.15) is 0 Å². The standard InChI is InChI=1S/C14H21BN2O2/c1-16-4-6-17(7-5-16)14-9-12(11-2-3-11)8-13(10-14)15(18)19/h8-11,18-19H,2-7H2,1H3. The SMILES string of the molecule is CN1CCN(c2cc(B(O)O)cc(C3CC3)c2)CC1. The largest absolute Gasteiger partial charge is 0.488 e. The lowest BCUT2D eigenvalue weighted by Gasteiger charge is -2.34. The summed E-state index contributed by atoms with van der Waals surface area (Å²) in [6.45, 7) is 4.13. The molecule has 0 spiro atoms. The van der Waals surface area contributed by atoms with Gasteiger partial charge in [-0.3, -0.25) is 0 Å². The molecule has 3 rings (SSSR count). The Labute approximate surface area is 114 Å². The van der Waals surface area contributed by atoms with E-state index in [-0.39, 0.29) is 0 Å². The Hall–Kier alpha value is -1.04. The summed E-state index contributed by atoms with van der Waals surface area (Å²) in [7, 11) is 0.769. The van der Waals surface area contributed by atoms with Gasteiger partial charge < -0.3 is 19.8 Å². The maximum atomic E-state index is 9.44. The van der Waals surface area contributed by atoms with Crippen molar-refractivity contribution in [3.05, 3.63) is 23.8 Å². The van der Waals surface area contributed by atoms with Crippen LogP contribution in [0.1, 0.15) is 24.3 Å². The summed E-state index contributed by atoms with van der Waals surface area (Å²) in [5.41, 5.74) is 3.03. The highest BCUT2D eigenvalue weighted by atomic mass is 16.4. The zero-order valence-electron chi connectivity index (χ0n) is 11.4. The van der Waals surface area contributed by atoms with Gasteiger partial charge in [0.15, 0.2) is 0 Å². The summed E-state index contributed by atoms with van der Waals surface area (Å²) in [6, 6.07) is 6.10. The molecule has 0 radical (unpaired) electrons. The van der Waals surface area contributed by atoms with Crippen molar-refractivity contribution in [3.63, 3.8) is 0 Å². The quantitative estimate of drug-likeness (QED) is 0.751. The topological polar surface area (TPSA) is 46.9 Å².